The van der Waals surface area contributed by atoms with Crippen molar-refractivity contribution in [2.45, 2.75) is 26.2 Å². The second-order valence-electron chi connectivity index (χ2n) is 5.08. The molecule has 0 spiro atoms. The van der Waals surface area contributed by atoms with Gasteiger partial charge in [-0.1, -0.05) is 36.7 Å². The molecule has 0 aliphatic heterocycles. The number of oxazole rings is 1. The molecule has 1 heterocycles. The van der Waals surface area contributed by atoms with Crippen LogP contribution >= 0.6 is 15.9 Å². The van der Waals surface area contributed by atoms with E-state index in [1.807, 2.05) is 20.8 Å². The molecule has 0 aliphatic carbocycles. The molecule has 1 aromatic heterocycles. The second kappa shape index (κ2) is 4.39. The minimum Gasteiger partial charge on any atom is -0.412 e. The molecule has 0 amide bonds. The Balaban J connectivity index is 2.58. The fourth-order valence-electron chi connectivity index (χ4n) is 1.53. The van der Waals surface area contributed by atoms with Gasteiger partial charge in [0.05, 0.1) is 11.9 Å². The van der Waals surface area contributed by atoms with E-state index in [2.05, 4.69) is 15.9 Å². The van der Waals surface area contributed by atoms with Crippen LogP contribution in [0.3, 0.4) is 0 Å². The lowest BCUT2D eigenvalue weighted by Gasteiger charge is -2.12. The predicted octanol–water partition coefficient (Wildman–Crippen LogP) is 3.63. The first-order valence-corrected chi connectivity index (χ1v) is 6.27. The van der Waals surface area contributed by atoms with Crippen molar-refractivity contribution in [3.05, 3.63) is 51.0 Å². The number of nitrogens with zero attached hydrogens (tertiary/aromatic N) is 1. The lowest BCUT2D eigenvalue weighted by Crippen LogP contribution is -2.12. The molecule has 3 nitrogen and oxygen atoms in total. The van der Waals surface area contributed by atoms with Gasteiger partial charge in [-0.2, -0.15) is 0 Å². The Hall–Kier alpha value is -1.36. The Morgan fingerprint density at radius 2 is 2.00 bits per heavy atom. The maximum Gasteiger partial charge on any atom is 0.423 e. The normalized spacial score (nSPS) is 11.8. The highest BCUT2D eigenvalue weighted by molar-refractivity contribution is 9.10. The number of halogens is 2. The standard InChI is InChI=1S/C13H13BrFNO2/c1-13(2,3)11-7-16(12(17)18-11)10-5-4-8(14)6-9(10)15/h4-7H,1-3H3. The summed E-state index contributed by atoms with van der Waals surface area (Å²) in [5, 5.41) is 0. The van der Waals surface area contributed by atoms with Gasteiger partial charge < -0.3 is 4.42 Å². The molecule has 0 aliphatic rings. The first-order chi connectivity index (χ1) is 8.29. The van der Waals surface area contributed by atoms with E-state index in [1.165, 1.54) is 22.9 Å². The summed E-state index contributed by atoms with van der Waals surface area (Å²) in [5.74, 6) is -0.538. The number of hydrogen-bond acceptors (Lipinski definition) is 2. The van der Waals surface area contributed by atoms with Gasteiger partial charge in [0.15, 0.2) is 0 Å². The van der Waals surface area contributed by atoms with E-state index in [4.69, 9.17) is 4.42 Å². The summed E-state index contributed by atoms with van der Waals surface area (Å²) >= 11 is 3.17. The van der Waals surface area contributed by atoms with Gasteiger partial charge in [0.2, 0.25) is 0 Å². The van der Waals surface area contributed by atoms with Gasteiger partial charge in [-0.15, -0.1) is 0 Å². The van der Waals surface area contributed by atoms with Crippen molar-refractivity contribution >= 4 is 15.9 Å². The molecule has 18 heavy (non-hydrogen) atoms. The minimum absolute atomic E-state index is 0.183. The van der Waals surface area contributed by atoms with Crippen molar-refractivity contribution in [3.63, 3.8) is 0 Å². The molecule has 0 saturated carbocycles. The first-order valence-electron chi connectivity index (χ1n) is 5.47. The van der Waals surface area contributed by atoms with Crippen molar-refractivity contribution in [3.8, 4) is 5.69 Å². The number of aromatic nitrogens is 1. The molecule has 2 aromatic rings. The summed E-state index contributed by atoms with van der Waals surface area (Å²) in [6.07, 6.45) is 1.54. The predicted molar refractivity (Wildman–Crippen MR) is 70.7 cm³/mol. The molecule has 0 radical (unpaired) electrons. The van der Waals surface area contributed by atoms with E-state index in [-0.39, 0.29) is 11.1 Å². The van der Waals surface area contributed by atoms with E-state index in [1.54, 1.807) is 6.07 Å². The van der Waals surface area contributed by atoms with Gasteiger partial charge in [0.1, 0.15) is 11.6 Å². The molecule has 0 saturated heterocycles. The van der Waals surface area contributed by atoms with E-state index in [9.17, 15) is 9.18 Å². The molecule has 0 N–H and O–H groups in total. The van der Waals surface area contributed by atoms with Gasteiger partial charge in [-0.05, 0) is 18.2 Å². The molecule has 0 bridgehead atoms. The monoisotopic (exact) mass is 313 g/mol. The average molecular weight is 314 g/mol. The molecule has 5 heteroatoms. The summed E-state index contributed by atoms with van der Waals surface area (Å²) in [7, 11) is 0. The van der Waals surface area contributed by atoms with Crippen LogP contribution in [0.5, 0.6) is 0 Å². The maximum absolute atomic E-state index is 13.8. The third-order valence-electron chi connectivity index (χ3n) is 2.55. The zero-order chi connectivity index (χ0) is 13.5. The number of benzene rings is 1. The van der Waals surface area contributed by atoms with Crippen molar-refractivity contribution in [1.82, 2.24) is 4.57 Å². The number of rotatable bonds is 1. The highest BCUT2D eigenvalue weighted by Gasteiger charge is 2.21. The van der Waals surface area contributed by atoms with Gasteiger partial charge in [-0.3, -0.25) is 0 Å². The summed E-state index contributed by atoms with van der Waals surface area (Å²) in [4.78, 5) is 11.7. The van der Waals surface area contributed by atoms with Crippen LogP contribution in [-0.2, 0) is 5.41 Å². The first kappa shape index (κ1) is 13.1. The largest absolute Gasteiger partial charge is 0.423 e. The topological polar surface area (TPSA) is 35.1 Å². The van der Waals surface area contributed by atoms with E-state index in [0.717, 1.165) is 0 Å². The molecule has 0 unspecified atom stereocenters. The third kappa shape index (κ3) is 2.41. The van der Waals surface area contributed by atoms with Gasteiger partial charge >= 0.3 is 5.76 Å². The molecular formula is C13H13BrFNO2. The average Bonchev–Trinajstić information content (AvgIpc) is 2.60. The van der Waals surface area contributed by atoms with Crippen LogP contribution in [0, 0.1) is 5.82 Å². The molecule has 1 aromatic carbocycles. The van der Waals surface area contributed by atoms with Gasteiger partial charge in [0, 0.05) is 9.89 Å². The summed E-state index contributed by atoms with van der Waals surface area (Å²) < 4.78 is 20.7. The van der Waals surface area contributed by atoms with Crippen molar-refractivity contribution in [2.24, 2.45) is 0 Å². The van der Waals surface area contributed by atoms with E-state index < -0.39 is 11.6 Å². The lowest BCUT2D eigenvalue weighted by atomic mass is 9.94. The number of hydrogen-bond donors (Lipinski definition) is 0. The zero-order valence-corrected chi connectivity index (χ0v) is 11.9. The minimum atomic E-state index is -0.582. The summed E-state index contributed by atoms with van der Waals surface area (Å²) in [6.45, 7) is 5.77. The fraction of sp³-hybridized carbons (Fsp3) is 0.308. The van der Waals surface area contributed by atoms with Crippen LogP contribution in [0.1, 0.15) is 26.5 Å². The maximum atomic E-state index is 13.8. The highest BCUT2D eigenvalue weighted by atomic mass is 79.9. The van der Waals surface area contributed by atoms with Crippen molar-refractivity contribution < 1.29 is 8.81 Å². The Morgan fingerprint density at radius 3 is 2.50 bits per heavy atom. The summed E-state index contributed by atoms with van der Waals surface area (Å²) in [5.41, 5.74) is -0.113. The molecule has 0 fully saturated rings. The van der Waals surface area contributed by atoms with Crippen LogP contribution < -0.4 is 5.76 Å². The zero-order valence-electron chi connectivity index (χ0n) is 10.3. The molecule has 2 rings (SSSR count). The van der Waals surface area contributed by atoms with Crippen LogP contribution in [0.4, 0.5) is 4.39 Å². The van der Waals surface area contributed by atoms with E-state index >= 15 is 0 Å². The van der Waals surface area contributed by atoms with Crippen molar-refractivity contribution in [1.29, 1.82) is 0 Å². The SMILES string of the molecule is CC(C)(C)c1cn(-c2ccc(Br)cc2F)c(=O)o1. The van der Waals surface area contributed by atoms with Crippen LogP contribution in [-0.4, -0.2) is 4.57 Å². The Morgan fingerprint density at radius 1 is 1.33 bits per heavy atom. The molecular weight excluding hydrogens is 301 g/mol. The lowest BCUT2D eigenvalue weighted by molar-refractivity contribution is 0.385. The van der Waals surface area contributed by atoms with Crippen molar-refractivity contribution in [2.75, 3.05) is 0 Å². The molecule has 96 valence electrons. The fourth-order valence-corrected chi connectivity index (χ4v) is 1.86. The molecule has 0 atom stereocenters. The Labute approximate surface area is 112 Å². The van der Waals surface area contributed by atoms with E-state index in [0.29, 0.717) is 10.2 Å². The Bertz CT molecular complexity index is 637. The quantitative estimate of drug-likeness (QED) is 0.806. The smallest absolute Gasteiger partial charge is 0.412 e. The summed E-state index contributed by atoms with van der Waals surface area (Å²) in [6, 6.07) is 4.52. The van der Waals surface area contributed by atoms with Crippen LogP contribution in [0.15, 0.2) is 38.1 Å². The second-order valence-corrected chi connectivity index (χ2v) is 5.99. The Kier molecular flexibility index (Phi) is 3.19. The van der Waals surface area contributed by atoms with Crippen LogP contribution in [0.25, 0.3) is 5.69 Å². The highest BCUT2D eigenvalue weighted by Crippen LogP contribution is 2.23. The third-order valence-corrected chi connectivity index (χ3v) is 3.04. The van der Waals surface area contributed by atoms with Crippen LogP contribution in [0.2, 0.25) is 0 Å². The van der Waals surface area contributed by atoms with Gasteiger partial charge in [0.25, 0.3) is 0 Å². The van der Waals surface area contributed by atoms with Gasteiger partial charge in [-0.25, -0.2) is 13.8 Å².